The number of benzene rings is 2. The van der Waals surface area contributed by atoms with Crippen molar-refractivity contribution in [2.75, 3.05) is 0 Å². The van der Waals surface area contributed by atoms with E-state index in [-0.39, 0.29) is 0 Å². The van der Waals surface area contributed by atoms with Gasteiger partial charge in [-0.3, -0.25) is 0 Å². The maximum atomic E-state index is 5.47. The van der Waals surface area contributed by atoms with E-state index in [0.717, 1.165) is 33.9 Å². The number of hydrogen-bond acceptors (Lipinski definition) is 2. The van der Waals surface area contributed by atoms with Gasteiger partial charge in [0.15, 0.2) is 0 Å². The number of furan rings is 2. The van der Waals surface area contributed by atoms with Crippen LogP contribution in [0.25, 0.3) is 44.2 Å². The van der Waals surface area contributed by atoms with Gasteiger partial charge in [0, 0.05) is 9.52 Å². The van der Waals surface area contributed by atoms with Gasteiger partial charge in [0.25, 0.3) is 0 Å². The summed E-state index contributed by atoms with van der Waals surface area (Å²) >= 11 is -0.826. The molecule has 0 aliphatic rings. The van der Waals surface area contributed by atoms with Crippen molar-refractivity contribution < 1.29 is 29.7 Å². The molecule has 0 unspecified atom stereocenters. The van der Waals surface area contributed by atoms with Crippen LogP contribution in [-0.2, 0) is 33.7 Å². The van der Waals surface area contributed by atoms with Crippen LogP contribution < -0.4 is 0 Å². The Hall–Kier alpha value is -2.10. The molecule has 6 heteroatoms. The predicted molar refractivity (Wildman–Crippen MR) is 162 cm³/mol. The second-order valence-corrected chi connectivity index (χ2v) is 13.3. The zero-order valence-electron chi connectivity index (χ0n) is 22.2. The molecule has 0 spiro atoms. The van der Waals surface area contributed by atoms with Crippen molar-refractivity contribution in [1.82, 2.24) is 0 Å². The second kappa shape index (κ2) is 16.1. The number of fused-ring (bicyclic) bond motifs is 2. The van der Waals surface area contributed by atoms with E-state index < -0.39 is 20.8 Å². The zero-order valence-corrected chi connectivity index (χ0v) is 27.2. The molecule has 0 aliphatic heterocycles. The third-order valence-corrected chi connectivity index (χ3v) is 6.01. The Morgan fingerprint density at radius 1 is 0.684 bits per heavy atom. The van der Waals surface area contributed by atoms with Crippen LogP contribution in [0.3, 0.4) is 0 Å². The molecule has 2 radical (unpaired) electrons. The van der Waals surface area contributed by atoms with E-state index in [1.54, 1.807) is 12.5 Å². The molecular formula is C32H32Cl2O2SiZr. The summed E-state index contributed by atoms with van der Waals surface area (Å²) in [5.74, 6) is 1.89. The number of aryl methyl sites for hydroxylation is 2. The fourth-order valence-corrected chi connectivity index (χ4v) is 4.30. The summed E-state index contributed by atoms with van der Waals surface area (Å²) in [6.07, 6.45) is 5.59. The monoisotopic (exact) mass is 636 g/mol. The summed E-state index contributed by atoms with van der Waals surface area (Å²) < 4.78 is 10.9. The first-order chi connectivity index (χ1) is 18.6. The molecule has 0 atom stereocenters. The number of halogens is 2. The van der Waals surface area contributed by atoms with Gasteiger partial charge in [0.2, 0.25) is 0 Å². The molecule has 0 saturated heterocycles. The summed E-state index contributed by atoms with van der Waals surface area (Å²) in [4.78, 5) is 0. The van der Waals surface area contributed by atoms with Gasteiger partial charge in [-0.25, -0.2) is 0 Å². The molecule has 4 aromatic carbocycles. The predicted octanol–water partition coefficient (Wildman–Crippen LogP) is 10.9. The Morgan fingerprint density at radius 2 is 1.08 bits per heavy atom. The summed E-state index contributed by atoms with van der Waals surface area (Å²) in [7, 11) is 11.0. The van der Waals surface area contributed by atoms with Crippen molar-refractivity contribution in [3.05, 3.63) is 109 Å². The average molecular weight is 639 g/mol. The van der Waals surface area contributed by atoms with Gasteiger partial charge in [0.1, 0.15) is 11.5 Å². The average Bonchev–Trinajstić information content (AvgIpc) is 3.75. The molecule has 0 bridgehead atoms. The Labute approximate surface area is 247 Å². The molecule has 0 saturated carbocycles. The Kier molecular flexibility index (Phi) is 12.9. The standard InChI is InChI=1S/2C15H13O.C2H6Si.2ClH.Zr/c2*1-2-11-9-12-5-3-6-13(14(12)10-11)15-7-4-8-16-15;1-3-2;;;/h2*3-10H,2H2,1H3;1-2H3;2*1H;/q2*-1;;;;+4/p-2. The number of rotatable bonds is 4. The third kappa shape index (κ3) is 7.96. The first-order valence-corrected chi connectivity index (χ1v) is 20.9. The van der Waals surface area contributed by atoms with E-state index in [1.165, 1.54) is 43.8 Å². The molecule has 0 N–H and O–H groups in total. The molecule has 6 rings (SSSR count). The first-order valence-electron chi connectivity index (χ1n) is 12.6. The molecule has 6 aromatic rings. The van der Waals surface area contributed by atoms with E-state index >= 15 is 0 Å². The van der Waals surface area contributed by atoms with Gasteiger partial charge < -0.3 is 8.83 Å². The number of hydrogen-bond donors (Lipinski definition) is 0. The molecule has 194 valence electrons. The van der Waals surface area contributed by atoms with Gasteiger partial charge in [-0.05, 0) is 48.2 Å². The quantitative estimate of drug-likeness (QED) is 0.142. The molecule has 0 amide bonds. The summed E-state index contributed by atoms with van der Waals surface area (Å²) in [5.41, 5.74) is 5.13. The summed E-state index contributed by atoms with van der Waals surface area (Å²) in [6.45, 7) is 8.67. The second-order valence-electron chi connectivity index (χ2n) is 8.58. The van der Waals surface area contributed by atoms with E-state index in [1.807, 2.05) is 24.3 Å². The van der Waals surface area contributed by atoms with Crippen LogP contribution in [0, 0.1) is 0 Å². The van der Waals surface area contributed by atoms with E-state index in [0.29, 0.717) is 0 Å². The Balaban J connectivity index is 0.000000175. The summed E-state index contributed by atoms with van der Waals surface area (Å²) in [6, 6.07) is 29.6. The van der Waals surface area contributed by atoms with Crippen LogP contribution in [0.1, 0.15) is 25.0 Å². The van der Waals surface area contributed by atoms with Crippen LogP contribution in [0.2, 0.25) is 13.1 Å². The van der Waals surface area contributed by atoms with Crippen LogP contribution in [0.5, 0.6) is 0 Å². The van der Waals surface area contributed by atoms with Crippen molar-refractivity contribution >= 4 is 48.1 Å². The summed E-state index contributed by atoms with van der Waals surface area (Å²) in [5, 5.41) is 5.17. The minimum atomic E-state index is -0.826. The van der Waals surface area contributed by atoms with E-state index in [2.05, 4.69) is 87.6 Å². The van der Waals surface area contributed by atoms with Crippen LogP contribution in [0.4, 0.5) is 0 Å². The topological polar surface area (TPSA) is 26.3 Å². The van der Waals surface area contributed by atoms with Crippen molar-refractivity contribution in [3.63, 3.8) is 0 Å². The molecule has 38 heavy (non-hydrogen) atoms. The van der Waals surface area contributed by atoms with Gasteiger partial charge in [0.05, 0.1) is 12.5 Å². The fraction of sp³-hybridized carbons (Fsp3) is 0.188. The van der Waals surface area contributed by atoms with Crippen LogP contribution >= 0.6 is 17.0 Å². The van der Waals surface area contributed by atoms with Crippen molar-refractivity contribution in [1.29, 1.82) is 0 Å². The molecule has 2 heterocycles. The first kappa shape index (κ1) is 30.4. The maximum absolute atomic E-state index is 5.47. The zero-order chi connectivity index (χ0) is 27.3. The van der Waals surface area contributed by atoms with Crippen LogP contribution in [-0.4, -0.2) is 9.52 Å². The molecular weight excluding hydrogens is 607 g/mol. The molecule has 2 aromatic heterocycles. The molecule has 2 nitrogen and oxygen atoms in total. The van der Waals surface area contributed by atoms with Gasteiger partial charge >= 0.3 is 37.9 Å². The van der Waals surface area contributed by atoms with Crippen molar-refractivity contribution in [2.45, 2.75) is 39.8 Å². The SMILES string of the molecule is CCc1cc2c(-c3ccco3)cccc2[cH-]1.CCc1cc2c(-c3ccco3)cccc2[cH-]1.C[Si]C.[Cl][Zr+2][Cl]. The van der Waals surface area contributed by atoms with Gasteiger partial charge in [-0.2, -0.15) is 12.1 Å². The molecule has 0 aliphatic carbocycles. The minimum absolute atomic E-state index is 0.826. The van der Waals surface area contributed by atoms with E-state index in [9.17, 15) is 0 Å². The molecule has 0 fully saturated rings. The Bertz CT molecular complexity index is 1370. The fourth-order valence-electron chi connectivity index (χ4n) is 4.30. The Morgan fingerprint density at radius 3 is 1.39 bits per heavy atom. The van der Waals surface area contributed by atoms with Gasteiger partial charge in [-0.1, -0.05) is 39.1 Å². The van der Waals surface area contributed by atoms with Gasteiger partial charge in [-0.15, -0.1) is 69.1 Å². The van der Waals surface area contributed by atoms with Crippen molar-refractivity contribution in [2.24, 2.45) is 0 Å². The normalized spacial score (nSPS) is 10.1. The van der Waals surface area contributed by atoms with E-state index in [4.69, 9.17) is 25.9 Å². The van der Waals surface area contributed by atoms with Crippen LogP contribution in [0.15, 0.2) is 106 Å². The third-order valence-electron chi connectivity index (χ3n) is 6.01. The van der Waals surface area contributed by atoms with Crippen molar-refractivity contribution in [3.8, 4) is 22.6 Å².